The van der Waals surface area contributed by atoms with Crippen LogP contribution >= 0.6 is 0 Å². The number of pyridine rings is 1. The quantitative estimate of drug-likeness (QED) is 0.744. The zero-order valence-electron chi connectivity index (χ0n) is 14.3. The largest absolute Gasteiger partial charge is 0.465 e. The Bertz CT molecular complexity index is 755. The molecule has 1 saturated heterocycles. The second-order valence-electron chi connectivity index (χ2n) is 7.32. The summed E-state index contributed by atoms with van der Waals surface area (Å²) in [5.41, 5.74) is 2.09. The number of oxime groups is 1. The van der Waals surface area contributed by atoms with E-state index in [9.17, 15) is 9.90 Å². The summed E-state index contributed by atoms with van der Waals surface area (Å²) in [5, 5.41) is 13.5. The molecular formula is C18H21N3O3. The fourth-order valence-electron chi connectivity index (χ4n) is 3.29. The fraction of sp³-hybridized carbons (Fsp3) is 0.500. The summed E-state index contributed by atoms with van der Waals surface area (Å²) in [6, 6.07) is 5.66. The first-order chi connectivity index (χ1) is 11.3. The van der Waals surface area contributed by atoms with Gasteiger partial charge in [0.25, 0.3) is 0 Å². The molecule has 0 saturated carbocycles. The summed E-state index contributed by atoms with van der Waals surface area (Å²) in [5.74, 6) is 6.03. The predicted molar refractivity (Wildman–Crippen MR) is 89.3 cm³/mol. The summed E-state index contributed by atoms with van der Waals surface area (Å²) >= 11 is 0. The van der Waals surface area contributed by atoms with Gasteiger partial charge in [-0.05, 0) is 42.2 Å². The van der Waals surface area contributed by atoms with Crippen molar-refractivity contribution in [3.05, 3.63) is 29.6 Å². The molecule has 0 radical (unpaired) electrons. The van der Waals surface area contributed by atoms with Crippen LogP contribution < -0.4 is 0 Å². The summed E-state index contributed by atoms with van der Waals surface area (Å²) in [6.45, 7) is 8.65. The van der Waals surface area contributed by atoms with Gasteiger partial charge in [0.1, 0.15) is 11.4 Å². The van der Waals surface area contributed by atoms with E-state index in [0.717, 1.165) is 5.69 Å². The third-order valence-electron chi connectivity index (χ3n) is 4.58. The van der Waals surface area contributed by atoms with Crippen molar-refractivity contribution in [1.82, 2.24) is 9.88 Å². The van der Waals surface area contributed by atoms with E-state index < -0.39 is 12.3 Å². The van der Waals surface area contributed by atoms with Gasteiger partial charge in [-0.1, -0.05) is 32.0 Å². The van der Waals surface area contributed by atoms with Gasteiger partial charge in [0.15, 0.2) is 0 Å². The van der Waals surface area contributed by atoms with Crippen LogP contribution in [-0.2, 0) is 4.84 Å². The number of amides is 1. The number of aromatic nitrogens is 1. The first-order valence-corrected chi connectivity index (χ1v) is 7.96. The van der Waals surface area contributed by atoms with Crippen LogP contribution in [-0.4, -0.2) is 39.6 Å². The molecule has 3 heterocycles. The second-order valence-corrected chi connectivity index (χ2v) is 7.32. The van der Waals surface area contributed by atoms with Crippen molar-refractivity contribution in [3.8, 4) is 11.8 Å². The molecule has 1 N–H and O–H groups in total. The predicted octanol–water partition coefficient (Wildman–Crippen LogP) is 2.73. The molecule has 1 aromatic heterocycles. The maximum absolute atomic E-state index is 11.5. The maximum atomic E-state index is 11.5. The minimum Gasteiger partial charge on any atom is -0.465 e. The standard InChI is InChI=1S/C18H21N3O3/c1-11-6-5-7-12(19-11)8-9-14-15-13(18(2,3)4)10-21(17(22)23)16(15)24-20-14/h5-7,13,15-16H,10H2,1-4H3,(H,22,23). The van der Waals surface area contributed by atoms with E-state index in [1.807, 2.05) is 25.1 Å². The molecule has 1 amide bonds. The average molecular weight is 327 g/mol. The Morgan fingerprint density at radius 2 is 2.12 bits per heavy atom. The Labute approximate surface area is 141 Å². The van der Waals surface area contributed by atoms with Crippen molar-refractivity contribution in [2.75, 3.05) is 6.54 Å². The van der Waals surface area contributed by atoms with Gasteiger partial charge < -0.3 is 9.94 Å². The van der Waals surface area contributed by atoms with E-state index in [0.29, 0.717) is 18.0 Å². The molecule has 126 valence electrons. The maximum Gasteiger partial charge on any atom is 0.410 e. The van der Waals surface area contributed by atoms with E-state index in [2.05, 4.69) is 42.8 Å². The van der Waals surface area contributed by atoms with Gasteiger partial charge in [0, 0.05) is 12.2 Å². The Hall–Kier alpha value is -2.55. The molecule has 24 heavy (non-hydrogen) atoms. The van der Waals surface area contributed by atoms with Crippen molar-refractivity contribution in [2.45, 2.75) is 33.9 Å². The van der Waals surface area contributed by atoms with Crippen LogP contribution in [0.1, 0.15) is 32.2 Å². The van der Waals surface area contributed by atoms with Crippen molar-refractivity contribution in [2.24, 2.45) is 22.4 Å². The molecule has 1 aromatic rings. The zero-order valence-corrected chi connectivity index (χ0v) is 14.3. The monoisotopic (exact) mass is 327 g/mol. The van der Waals surface area contributed by atoms with E-state index in [-0.39, 0.29) is 17.3 Å². The highest BCUT2D eigenvalue weighted by Crippen LogP contribution is 2.44. The molecule has 1 fully saturated rings. The molecule has 0 spiro atoms. The number of hydrogen-bond donors (Lipinski definition) is 1. The van der Waals surface area contributed by atoms with Gasteiger partial charge in [-0.15, -0.1) is 0 Å². The summed E-state index contributed by atoms with van der Waals surface area (Å²) < 4.78 is 0. The highest BCUT2D eigenvalue weighted by atomic mass is 16.7. The second kappa shape index (κ2) is 5.82. The summed E-state index contributed by atoms with van der Waals surface area (Å²) in [4.78, 5) is 22.6. The number of fused-ring (bicyclic) bond motifs is 1. The minimum atomic E-state index is -0.985. The van der Waals surface area contributed by atoms with E-state index in [4.69, 9.17) is 4.84 Å². The number of aryl methyl sites for hydroxylation is 1. The van der Waals surface area contributed by atoms with E-state index in [1.54, 1.807) is 0 Å². The molecule has 0 aromatic carbocycles. The van der Waals surface area contributed by atoms with Crippen molar-refractivity contribution in [3.63, 3.8) is 0 Å². The smallest absolute Gasteiger partial charge is 0.410 e. The third kappa shape index (κ3) is 2.94. The molecule has 3 unspecified atom stereocenters. The minimum absolute atomic E-state index is 0.0785. The van der Waals surface area contributed by atoms with Gasteiger partial charge in [-0.3, -0.25) is 4.90 Å². The zero-order chi connectivity index (χ0) is 17.5. The Kier molecular flexibility index (Phi) is 3.96. The summed E-state index contributed by atoms with van der Waals surface area (Å²) in [6.07, 6.45) is -1.57. The number of nitrogens with zero attached hydrogens (tertiary/aromatic N) is 3. The summed E-state index contributed by atoms with van der Waals surface area (Å²) in [7, 11) is 0. The topological polar surface area (TPSA) is 75.0 Å². The molecule has 6 nitrogen and oxygen atoms in total. The van der Waals surface area contributed by atoms with Gasteiger partial charge in [-0.2, -0.15) is 0 Å². The van der Waals surface area contributed by atoms with Crippen molar-refractivity contribution < 1.29 is 14.7 Å². The van der Waals surface area contributed by atoms with Crippen LogP contribution in [0.15, 0.2) is 23.4 Å². The van der Waals surface area contributed by atoms with Crippen LogP contribution in [0, 0.1) is 36.0 Å². The first-order valence-electron chi connectivity index (χ1n) is 7.96. The highest BCUT2D eigenvalue weighted by Gasteiger charge is 2.54. The number of hydrogen-bond acceptors (Lipinski definition) is 4. The van der Waals surface area contributed by atoms with Crippen LogP contribution in [0.2, 0.25) is 0 Å². The van der Waals surface area contributed by atoms with Crippen LogP contribution in [0.25, 0.3) is 0 Å². The highest BCUT2D eigenvalue weighted by molar-refractivity contribution is 6.04. The van der Waals surface area contributed by atoms with Crippen LogP contribution in [0.5, 0.6) is 0 Å². The van der Waals surface area contributed by atoms with E-state index >= 15 is 0 Å². The van der Waals surface area contributed by atoms with Crippen LogP contribution in [0.4, 0.5) is 4.79 Å². The van der Waals surface area contributed by atoms with Gasteiger partial charge in [-0.25, -0.2) is 9.78 Å². The van der Waals surface area contributed by atoms with Gasteiger partial charge in [0.05, 0.1) is 5.92 Å². The number of likely N-dealkylation sites (tertiary alicyclic amines) is 1. The SMILES string of the molecule is Cc1cccc(C#CC2=NOC3C2C(C(C)(C)C)CN3C(=O)O)n1. The lowest BCUT2D eigenvalue weighted by atomic mass is 9.73. The fourth-order valence-corrected chi connectivity index (χ4v) is 3.29. The normalized spacial score (nSPS) is 25.4. The van der Waals surface area contributed by atoms with Crippen molar-refractivity contribution in [1.29, 1.82) is 0 Å². The number of rotatable bonds is 0. The average Bonchev–Trinajstić information content (AvgIpc) is 3.04. The van der Waals surface area contributed by atoms with E-state index in [1.165, 1.54) is 4.90 Å². The lowest BCUT2D eigenvalue weighted by molar-refractivity contribution is -0.0184. The lowest BCUT2D eigenvalue weighted by Gasteiger charge is -2.29. The lowest BCUT2D eigenvalue weighted by Crippen LogP contribution is -2.36. The molecule has 2 aliphatic heterocycles. The van der Waals surface area contributed by atoms with Crippen LogP contribution in [0.3, 0.4) is 0 Å². The molecular weight excluding hydrogens is 306 g/mol. The molecule has 3 rings (SSSR count). The molecule has 3 atom stereocenters. The Morgan fingerprint density at radius 1 is 1.38 bits per heavy atom. The Balaban J connectivity index is 1.90. The molecule has 0 aliphatic carbocycles. The molecule has 6 heteroatoms. The Morgan fingerprint density at radius 3 is 2.75 bits per heavy atom. The number of carboxylic acid groups (broad SMARTS) is 1. The van der Waals surface area contributed by atoms with Crippen molar-refractivity contribution >= 4 is 11.8 Å². The van der Waals surface area contributed by atoms with Gasteiger partial charge in [0.2, 0.25) is 6.23 Å². The number of carbonyl (C=O) groups is 1. The molecule has 0 bridgehead atoms. The van der Waals surface area contributed by atoms with Gasteiger partial charge >= 0.3 is 6.09 Å². The molecule has 2 aliphatic rings. The third-order valence-corrected chi connectivity index (χ3v) is 4.58. The first kappa shape index (κ1) is 16.3.